The molecule has 0 aliphatic carbocycles. The largest absolute Gasteiger partial charge is 0.444 e. The normalized spacial score (nSPS) is 16.0. The highest BCUT2D eigenvalue weighted by molar-refractivity contribution is 9.11. The van der Waals surface area contributed by atoms with E-state index in [1.165, 1.54) is 15.9 Å². The molecular formula is C4BrF7. The molecule has 72 valence electrons. The molecule has 0 amide bonds. The van der Waals surface area contributed by atoms with Crippen molar-refractivity contribution in [1.82, 2.24) is 0 Å². The van der Waals surface area contributed by atoms with Gasteiger partial charge in [0.1, 0.15) is 4.48 Å². The summed E-state index contributed by atoms with van der Waals surface area (Å²) < 4.78 is 77.3. The minimum absolute atomic E-state index is 1.46. The van der Waals surface area contributed by atoms with Gasteiger partial charge in [0, 0.05) is 0 Å². The monoisotopic (exact) mass is 260 g/mol. The molecule has 0 fully saturated rings. The first-order chi connectivity index (χ1) is 5.07. The lowest BCUT2D eigenvalue weighted by Crippen LogP contribution is -2.16. The molecule has 12 heavy (non-hydrogen) atoms. The molecule has 0 aliphatic rings. The summed E-state index contributed by atoms with van der Waals surface area (Å²) >= 11 is 1.46. The van der Waals surface area contributed by atoms with Crippen LogP contribution in [0, 0.1) is 0 Å². The van der Waals surface area contributed by atoms with Gasteiger partial charge in [0.05, 0.1) is 0 Å². The molecule has 0 bridgehead atoms. The van der Waals surface area contributed by atoms with Crippen molar-refractivity contribution >= 4 is 15.9 Å². The molecule has 0 radical (unpaired) electrons. The van der Waals surface area contributed by atoms with Gasteiger partial charge >= 0.3 is 12.4 Å². The van der Waals surface area contributed by atoms with Gasteiger partial charge in [0.25, 0.3) is 0 Å². The molecule has 0 rings (SSSR count). The van der Waals surface area contributed by atoms with Crippen LogP contribution >= 0.6 is 15.9 Å². The lowest BCUT2D eigenvalue weighted by Gasteiger charge is -2.08. The average Bonchev–Trinajstić information content (AvgIpc) is 1.80. The molecule has 0 saturated heterocycles. The number of halogens is 8. The fraction of sp³-hybridized carbons (Fsp3) is 0.500. The second kappa shape index (κ2) is 3.23. The lowest BCUT2D eigenvalue weighted by atomic mass is 10.4. The van der Waals surface area contributed by atoms with E-state index in [9.17, 15) is 30.7 Å². The standard InChI is InChI=1S/C4BrF7/c5-1(3(7,8)9)2(6)4(10,11)12/b2-1+. The van der Waals surface area contributed by atoms with Crippen LogP contribution in [0.3, 0.4) is 0 Å². The first kappa shape index (κ1) is 11.7. The van der Waals surface area contributed by atoms with Crippen LogP contribution in [0.25, 0.3) is 0 Å². The maximum Gasteiger partial charge on any atom is 0.444 e. The van der Waals surface area contributed by atoms with Gasteiger partial charge in [0.15, 0.2) is 0 Å². The molecule has 0 nitrogen and oxygen atoms in total. The summed E-state index contributed by atoms with van der Waals surface area (Å²) in [6.45, 7) is 0. The van der Waals surface area contributed by atoms with Crippen molar-refractivity contribution in [3.05, 3.63) is 10.3 Å². The topological polar surface area (TPSA) is 0 Å². The van der Waals surface area contributed by atoms with Gasteiger partial charge < -0.3 is 0 Å². The van der Waals surface area contributed by atoms with Crippen LogP contribution in [0.15, 0.2) is 10.3 Å². The van der Waals surface area contributed by atoms with Gasteiger partial charge in [-0.2, -0.15) is 26.3 Å². The maximum atomic E-state index is 11.8. The van der Waals surface area contributed by atoms with E-state index in [4.69, 9.17) is 0 Å². The predicted octanol–water partition coefficient (Wildman–Crippen LogP) is 3.69. The Kier molecular flexibility index (Phi) is 3.16. The molecule has 0 saturated carbocycles. The summed E-state index contributed by atoms with van der Waals surface area (Å²) in [6, 6.07) is 0. The first-order valence-electron chi connectivity index (χ1n) is 2.26. The Morgan fingerprint density at radius 2 is 1.17 bits per heavy atom. The second-order valence-corrected chi connectivity index (χ2v) is 2.42. The van der Waals surface area contributed by atoms with Crippen molar-refractivity contribution in [3.8, 4) is 0 Å². The first-order valence-corrected chi connectivity index (χ1v) is 3.05. The Bertz CT molecular complexity index is 174. The number of rotatable bonds is 0. The molecule has 0 atom stereocenters. The molecule has 0 spiro atoms. The van der Waals surface area contributed by atoms with Gasteiger partial charge in [-0.05, 0) is 15.9 Å². The van der Waals surface area contributed by atoms with Crippen LogP contribution in [0.4, 0.5) is 30.7 Å². The van der Waals surface area contributed by atoms with Gasteiger partial charge in [0.2, 0.25) is 5.83 Å². The Morgan fingerprint density at radius 3 is 1.25 bits per heavy atom. The number of allylic oxidation sites excluding steroid dienone is 2. The van der Waals surface area contributed by atoms with Crippen molar-refractivity contribution in [2.24, 2.45) is 0 Å². The van der Waals surface area contributed by atoms with Crippen molar-refractivity contribution in [1.29, 1.82) is 0 Å². The Morgan fingerprint density at radius 1 is 0.833 bits per heavy atom. The van der Waals surface area contributed by atoms with Crippen LogP contribution < -0.4 is 0 Å². The third-order valence-corrected chi connectivity index (χ3v) is 1.49. The number of alkyl halides is 6. The quantitative estimate of drug-likeness (QED) is 0.583. The highest BCUT2D eigenvalue weighted by atomic mass is 79.9. The molecule has 0 heterocycles. The van der Waals surface area contributed by atoms with Gasteiger partial charge in [-0.1, -0.05) is 0 Å². The summed E-state index contributed by atoms with van der Waals surface area (Å²) in [5.41, 5.74) is 0. The third kappa shape index (κ3) is 3.00. The second-order valence-electron chi connectivity index (χ2n) is 1.62. The van der Waals surface area contributed by atoms with Crippen molar-refractivity contribution in [2.45, 2.75) is 12.4 Å². The highest BCUT2D eigenvalue weighted by Gasteiger charge is 2.45. The number of hydrogen-bond donors (Lipinski definition) is 0. The Labute approximate surface area is 70.2 Å². The van der Waals surface area contributed by atoms with Crippen LogP contribution in [0.5, 0.6) is 0 Å². The summed E-state index contributed by atoms with van der Waals surface area (Å²) in [7, 11) is 0. The Balaban J connectivity index is 4.96. The van der Waals surface area contributed by atoms with Gasteiger partial charge in [-0.25, -0.2) is 4.39 Å². The molecular weight excluding hydrogens is 261 g/mol. The van der Waals surface area contributed by atoms with E-state index in [0.717, 1.165) is 0 Å². The van der Waals surface area contributed by atoms with E-state index >= 15 is 0 Å². The zero-order valence-corrected chi connectivity index (χ0v) is 6.61. The van der Waals surface area contributed by atoms with E-state index in [1.807, 2.05) is 0 Å². The van der Waals surface area contributed by atoms with Crippen LogP contribution in [-0.4, -0.2) is 12.4 Å². The molecule has 0 aliphatic heterocycles. The van der Waals surface area contributed by atoms with Crippen LogP contribution in [0.1, 0.15) is 0 Å². The molecule has 0 aromatic rings. The summed E-state index contributed by atoms with van der Waals surface area (Å²) in [5.74, 6) is -3.19. The minimum atomic E-state index is -5.62. The fourth-order valence-corrected chi connectivity index (χ4v) is 0.474. The molecule has 0 unspecified atom stereocenters. The third-order valence-electron chi connectivity index (χ3n) is 0.690. The Hall–Kier alpha value is -0.270. The minimum Gasteiger partial charge on any atom is -0.201 e. The fourth-order valence-electron chi connectivity index (χ4n) is 0.249. The molecule has 0 aromatic heterocycles. The van der Waals surface area contributed by atoms with Crippen molar-refractivity contribution in [3.63, 3.8) is 0 Å². The van der Waals surface area contributed by atoms with Crippen molar-refractivity contribution < 1.29 is 30.7 Å². The summed E-state index contributed by atoms with van der Waals surface area (Å²) in [6.07, 6.45) is -11.0. The van der Waals surface area contributed by atoms with E-state index in [0.29, 0.717) is 0 Å². The number of hydrogen-bond acceptors (Lipinski definition) is 0. The van der Waals surface area contributed by atoms with Gasteiger partial charge in [-0.3, -0.25) is 0 Å². The van der Waals surface area contributed by atoms with Crippen LogP contribution in [-0.2, 0) is 0 Å². The lowest BCUT2D eigenvalue weighted by molar-refractivity contribution is -0.123. The summed E-state index contributed by atoms with van der Waals surface area (Å²) in [5, 5.41) is 0. The van der Waals surface area contributed by atoms with E-state index < -0.39 is 22.7 Å². The molecule has 0 N–H and O–H groups in total. The predicted molar refractivity (Wildman–Crippen MR) is 29.2 cm³/mol. The van der Waals surface area contributed by atoms with E-state index in [-0.39, 0.29) is 0 Å². The van der Waals surface area contributed by atoms with Crippen molar-refractivity contribution in [2.75, 3.05) is 0 Å². The van der Waals surface area contributed by atoms with Gasteiger partial charge in [-0.15, -0.1) is 0 Å². The highest BCUT2D eigenvalue weighted by Crippen LogP contribution is 2.39. The average molecular weight is 261 g/mol. The zero-order valence-electron chi connectivity index (χ0n) is 5.02. The van der Waals surface area contributed by atoms with E-state index in [1.54, 1.807) is 0 Å². The molecule has 8 heteroatoms. The smallest absolute Gasteiger partial charge is 0.201 e. The zero-order chi connectivity index (χ0) is 10.2. The summed E-state index contributed by atoms with van der Waals surface area (Å²) in [4.78, 5) is 0. The van der Waals surface area contributed by atoms with Crippen LogP contribution in [0.2, 0.25) is 0 Å². The van der Waals surface area contributed by atoms with E-state index in [2.05, 4.69) is 0 Å². The maximum absolute atomic E-state index is 11.8. The SMILES string of the molecule is F/C(=C(/Br)C(F)(F)F)C(F)(F)F. The molecule has 0 aromatic carbocycles.